The van der Waals surface area contributed by atoms with Gasteiger partial charge in [0.05, 0.1) is 6.33 Å². The third-order valence-corrected chi connectivity index (χ3v) is 2.18. The molecule has 82 valence electrons. The molecule has 1 N–H and O–H groups in total. The van der Waals surface area contributed by atoms with Crippen LogP contribution in [0.5, 0.6) is 0 Å². The van der Waals surface area contributed by atoms with Gasteiger partial charge in [-0.15, -0.1) is 11.8 Å². The van der Waals surface area contributed by atoms with Crippen LogP contribution in [-0.4, -0.2) is 22.6 Å². The second-order valence-electron chi connectivity index (χ2n) is 3.43. The Bertz CT molecular complexity index is 292. The Kier molecular flexibility index (Phi) is 6.35. The van der Waals surface area contributed by atoms with E-state index in [2.05, 4.69) is 26.7 Å². The van der Waals surface area contributed by atoms with E-state index in [4.69, 9.17) is 0 Å². The second-order valence-corrected chi connectivity index (χ2v) is 3.43. The molecule has 1 aromatic rings. The summed E-state index contributed by atoms with van der Waals surface area (Å²) in [6, 6.07) is 0. The molecule has 15 heavy (non-hydrogen) atoms. The van der Waals surface area contributed by atoms with Gasteiger partial charge in [0.25, 0.3) is 0 Å². The van der Waals surface area contributed by atoms with E-state index in [1.54, 1.807) is 0 Å². The average Bonchev–Trinajstić information content (AvgIpc) is 2.75. The lowest BCUT2D eigenvalue weighted by molar-refractivity contribution is 0.572. The summed E-state index contributed by atoms with van der Waals surface area (Å²) in [4.78, 5) is 4.00. The van der Waals surface area contributed by atoms with Gasteiger partial charge in [0, 0.05) is 31.9 Å². The lowest BCUT2D eigenvalue weighted by atomic mass is 10.3. The van der Waals surface area contributed by atoms with Crippen LogP contribution in [0, 0.1) is 11.8 Å². The molecule has 0 amide bonds. The average molecular weight is 205 g/mol. The quantitative estimate of drug-likeness (QED) is 0.542. The highest BCUT2D eigenvalue weighted by Crippen LogP contribution is 1.93. The Labute approximate surface area is 91.9 Å². The van der Waals surface area contributed by atoms with Crippen LogP contribution in [0.4, 0.5) is 0 Å². The number of unbranched alkanes of at least 4 members (excludes halogenated alkanes) is 1. The van der Waals surface area contributed by atoms with Crippen LogP contribution in [0.25, 0.3) is 0 Å². The van der Waals surface area contributed by atoms with Crippen LogP contribution in [0.15, 0.2) is 18.7 Å². The number of rotatable bonds is 7. The Morgan fingerprint density at radius 2 is 2.27 bits per heavy atom. The number of aryl methyl sites for hydroxylation is 1. The van der Waals surface area contributed by atoms with Gasteiger partial charge in [-0.05, 0) is 26.3 Å². The van der Waals surface area contributed by atoms with E-state index < -0.39 is 0 Å². The summed E-state index contributed by atoms with van der Waals surface area (Å²) in [6.45, 7) is 5.04. The van der Waals surface area contributed by atoms with Crippen molar-refractivity contribution in [2.45, 2.75) is 32.7 Å². The number of nitrogens with one attached hydrogen (secondary N) is 1. The summed E-state index contributed by atoms with van der Waals surface area (Å²) in [7, 11) is 0. The Morgan fingerprint density at radius 1 is 1.33 bits per heavy atom. The second kappa shape index (κ2) is 8.07. The zero-order valence-electron chi connectivity index (χ0n) is 9.37. The van der Waals surface area contributed by atoms with Gasteiger partial charge in [0.2, 0.25) is 0 Å². The van der Waals surface area contributed by atoms with E-state index in [1.165, 1.54) is 12.8 Å². The molecule has 0 aliphatic carbocycles. The molecule has 0 atom stereocenters. The summed E-state index contributed by atoms with van der Waals surface area (Å²) < 4.78 is 2.11. The van der Waals surface area contributed by atoms with Crippen LogP contribution in [0.2, 0.25) is 0 Å². The van der Waals surface area contributed by atoms with Gasteiger partial charge in [-0.1, -0.05) is 0 Å². The molecule has 0 aliphatic heterocycles. The van der Waals surface area contributed by atoms with Gasteiger partial charge in [0.1, 0.15) is 0 Å². The van der Waals surface area contributed by atoms with Crippen molar-refractivity contribution in [3.05, 3.63) is 18.7 Å². The van der Waals surface area contributed by atoms with Crippen molar-refractivity contribution >= 4 is 0 Å². The Balaban J connectivity index is 1.86. The minimum atomic E-state index is 0.956. The van der Waals surface area contributed by atoms with Crippen molar-refractivity contribution in [2.24, 2.45) is 0 Å². The van der Waals surface area contributed by atoms with E-state index in [-0.39, 0.29) is 0 Å². The summed E-state index contributed by atoms with van der Waals surface area (Å²) in [6.07, 6.45) is 9.05. The Hall–Kier alpha value is -1.27. The number of hydrogen-bond donors (Lipinski definition) is 1. The first-order valence-corrected chi connectivity index (χ1v) is 5.49. The number of hydrogen-bond acceptors (Lipinski definition) is 2. The predicted octanol–water partition coefficient (Wildman–Crippen LogP) is 1.67. The van der Waals surface area contributed by atoms with E-state index in [1.807, 2.05) is 25.6 Å². The fraction of sp³-hybridized carbons (Fsp3) is 0.583. The molecule has 0 saturated carbocycles. The lowest BCUT2D eigenvalue weighted by Crippen LogP contribution is -2.16. The molecule has 1 aromatic heterocycles. The van der Waals surface area contributed by atoms with Crippen molar-refractivity contribution in [3.63, 3.8) is 0 Å². The van der Waals surface area contributed by atoms with Gasteiger partial charge in [-0.2, -0.15) is 0 Å². The maximum absolute atomic E-state index is 4.00. The van der Waals surface area contributed by atoms with Crippen LogP contribution in [0.3, 0.4) is 0 Å². The molecule has 1 heterocycles. The molecule has 0 radical (unpaired) electrons. The van der Waals surface area contributed by atoms with Gasteiger partial charge >= 0.3 is 0 Å². The molecule has 0 spiro atoms. The third-order valence-electron chi connectivity index (χ3n) is 2.18. The molecule has 0 unspecified atom stereocenters. The van der Waals surface area contributed by atoms with Gasteiger partial charge < -0.3 is 9.88 Å². The van der Waals surface area contributed by atoms with Gasteiger partial charge in [-0.3, -0.25) is 0 Å². The molecule has 3 heteroatoms. The first-order chi connectivity index (χ1) is 7.43. The summed E-state index contributed by atoms with van der Waals surface area (Å²) in [5.41, 5.74) is 0. The molecule has 0 aliphatic rings. The predicted molar refractivity (Wildman–Crippen MR) is 62.4 cm³/mol. The van der Waals surface area contributed by atoms with Gasteiger partial charge in [0.15, 0.2) is 0 Å². The van der Waals surface area contributed by atoms with Crippen molar-refractivity contribution in [1.29, 1.82) is 0 Å². The zero-order chi connectivity index (χ0) is 10.8. The number of imidazole rings is 1. The highest BCUT2D eigenvalue weighted by molar-refractivity contribution is 4.95. The van der Waals surface area contributed by atoms with Crippen molar-refractivity contribution < 1.29 is 0 Å². The van der Waals surface area contributed by atoms with E-state index in [0.29, 0.717) is 0 Å². The first kappa shape index (κ1) is 11.8. The fourth-order valence-electron chi connectivity index (χ4n) is 1.36. The molecule has 1 rings (SSSR count). The molecule has 0 fully saturated rings. The number of aromatic nitrogens is 2. The SMILES string of the molecule is CC#CCCNCCCCn1ccnc1. The van der Waals surface area contributed by atoms with Crippen LogP contribution >= 0.6 is 0 Å². The topological polar surface area (TPSA) is 29.9 Å². The molecule has 0 saturated heterocycles. The zero-order valence-corrected chi connectivity index (χ0v) is 9.37. The molecule has 0 aromatic carbocycles. The molecular formula is C12H19N3. The van der Waals surface area contributed by atoms with Crippen molar-refractivity contribution in [2.75, 3.05) is 13.1 Å². The molecule has 3 nitrogen and oxygen atoms in total. The maximum atomic E-state index is 4.00. The molecular weight excluding hydrogens is 186 g/mol. The van der Waals surface area contributed by atoms with Crippen LogP contribution in [0.1, 0.15) is 26.2 Å². The standard InChI is InChI=1S/C12H19N3/c1-2-3-4-7-13-8-5-6-10-15-11-9-14-12-15/h9,11-13H,4-8,10H2,1H3. The summed E-state index contributed by atoms with van der Waals surface area (Å²) >= 11 is 0. The first-order valence-electron chi connectivity index (χ1n) is 5.49. The number of nitrogens with zero attached hydrogens (tertiary/aromatic N) is 2. The normalized spacial score (nSPS) is 9.67. The highest BCUT2D eigenvalue weighted by atomic mass is 15.0. The summed E-state index contributed by atoms with van der Waals surface area (Å²) in [5.74, 6) is 5.92. The van der Waals surface area contributed by atoms with Gasteiger partial charge in [-0.25, -0.2) is 4.98 Å². The molecule has 0 bridgehead atoms. The smallest absolute Gasteiger partial charge is 0.0945 e. The minimum absolute atomic E-state index is 0.956. The van der Waals surface area contributed by atoms with Crippen molar-refractivity contribution in [3.8, 4) is 11.8 Å². The fourth-order valence-corrected chi connectivity index (χ4v) is 1.36. The van der Waals surface area contributed by atoms with Crippen molar-refractivity contribution in [1.82, 2.24) is 14.9 Å². The largest absolute Gasteiger partial charge is 0.337 e. The highest BCUT2D eigenvalue weighted by Gasteiger charge is 1.90. The van der Waals surface area contributed by atoms with Crippen LogP contribution in [-0.2, 0) is 6.54 Å². The maximum Gasteiger partial charge on any atom is 0.0945 e. The van der Waals surface area contributed by atoms with E-state index in [0.717, 1.165) is 26.1 Å². The summed E-state index contributed by atoms with van der Waals surface area (Å²) in [5, 5.41) is 3.37. The lowest BCUT2D eigenvalue weighted by Gasteiger charge is -2.03. The minimum Gasteiger partial charge on any atom is -0.337 e. The monoisotopic (exact) mass is 205 g/mol. The van der Waals surface area contributed by atoms with Crippen LogP contribution < -0.4 is 5.32 Å². The third kappa shape index (κ3) is 5.92. The Morgan fingerprint density at radius 3 is 3.00 bits per heavy atom. The van der Waals surface area contributed by atoms with E-state index in [9.17, 15) is 0 Å². The van der Waals surface area contributed by atoms with E-state index >= 15 is 0 Å².